The first-order chi connectivity index (χ1) is 6.27. The maximum absolute atomic E-state index is 11.2. The van der Waals surface area contributed by atoms with E-state index < -0.39 is 6.04 Å². The Morgan fingerprint density at radius 3 is 3.31 bits per heavy atom. The molecular formula is C9H11N3O. The normalized spacial score (nSPS) is 26.8. The highest BCUT2D eigenvalue weighted by molar-refractivity contribution is 5.86. The fraction of sp³-hybridized carbons (Fsp3) is 0.333. The van der Waals surface area contributed by atoms with E-state index in [9.17, 15) is 4.79 Å². The van der Waals surface area contributed by atoms with Crippen LogP contribution in [0.3, 0.4) is 0 Å². The van der Waals surface area contributed by atoms with Gasteiger partial charge in [-0.05, 0) is 6.08 Å². The molecule has 4 nitrogen and oxygen atoms in total. The molecule has 2 heterocycles. The van der Waals surface area contributed by atoms with Crippen LogP contribution in [0.1, 0.15) is 12.8 Å². The highest BCUT2D eigenvalue weighted by Gasteiger charge is 2.23. The van der Waals surface area contributed by atoms with E-state index in [4.69, 9.17) is 5.73 Å². The third-order valence-electron chi connectivity index (χ3n) is 2.09. The van der Waals surface area contributed by atoms with Gasteiger partial charge in [-0.25, -0.2) is 0 Å². The highest BCUT2D eigenvalue weighted by atomic mass is 16.2. The molecule has 1 atom stereocenters. The van der Waals surface area contributed by atoms with Crippen LogP contribution in [0, 0.1) is 0 Å². The van der Waals surface area contributed by atoms with Crippen molar-refractivity contribution in [2.45, 2.75) is 18.9 Å². The lowest BCUT2D eigenvalue weighted by atomic mass is 10.1. The summed E-state index contributed by atoms with van der Waals surface area (Å²) in [6.07, 6.45) is 7.00. The number of hydrogen-bond donors (Lipinski definition) is 2. The van der Waals surface area contributed by atoms with E-state index >= 15 is 0 Å². The molecule has 0 saturated carbocycles. The largest absolute Gasteiger partial charge is 0.323 e. The van der Waals surface area contributed by atoms with E-state index in [-0.39, 0.29) is 5.91 Å². The molecule has 0 spiro atoms. The molecule has 0 aliphatic carbocycles. The van der Waals surface area contributed by atoms with Crippen LogP contribution < -0.4 is 11.1 Å². The zero-order valence-electron chi connectivity index (χ0n) is 7.16. The van der Waals surface area contributed by atoms with Crippen LogP contribution in [0.2, 0.25) is 0 Å². The molecule has 1 unspecified atom stereocenters. The van der Waals surface area contributed by atoms with Crippen molar-refractivity contribution in [2.24, 2.45) is 10.7 Å². The molecule has 0 aromatic rings. The number of nitrogens with zero attached hydrogens (tertiary/aromatic N) is 1. The number of carbonyl (C=O) groups excluding carboxylic acids is 1. The van der Waals surface area contributed by atoms with E-state index in [2.05, 4.69) is 10.3 Å². The number of nitrogens with two attached hydrogens (primary N) is 1. The average molecular weight is 177 g/mol. The second kappa shape index (κ2) is 3.14. The summed E-state index contributed by atoms with van der Waals surface area (Å²) in [6.45, 7) is 0. The smallest absolute Gasteiger partial charge is 0.241 e. The molecule has 0 radical (unpaired) electrons. The predicted molar refractivity (Wildman–Crippen MR) is 50.0 cm³/mol. The van der Waals surface area contributed by atoms with Gasteiger partial charge in [0.25, 0.3) is 0 Å². The molecule has 0 bridgehead atoms. The van der Waals surface area contributed by atoms with Crippen LogP contribution in [0.4, 0.5) is 0 Å². The molecule has 3 N–H and O–H groups in total. The summed E-state index contributed by atoms with van der Waals surface area (Å²) < 4.78 is 0. The fourth-order valence-corrected chi connectivity index (χ4v) is 1.38. The maximum Gasteiger partial charge on any atom is 0.241 e. The molecule has 0 aromatic heterocycles. The Hall–Kier alpha value is -1.42. The summed E-state index contributed by atoms with van der Waals surface area (Å²) in [4.78, 5) is 15.4. The van der Waals surface area contributed by atoms with Crippen molar-refractivity contribution in [3.8, 4) is 0 Å². The van der Waals surface area contributed by atoms with E-state index in [1.165, 1.54) is 0 Å². The minimum absolute atomic E-state index is 0.125. The summed E-state index contributed by atoms with van der Waals surface area (Å²) >= 11 is 0. The topological polar surface area (TPSA) is 67.5 Å². The summed E-state index contributed by atoms with van der Waals surface area (Å²) in [7, 11) is 0. The Labute approximate surface area is 76.2 Å². The first-order valence-corrected chi connectivity index (χ1v) is 4.26. The van der Waals surface area contributed by atoms with Gasteiger partial charge < -0.3 is 11.1 Å². The van der Waals surface area contributed by atoms with Gasteiger partial charge in [-0.15, -0.1) is 0 Å². The maximum atomic E-state index is 11.2. The Morgan fingerprint density at radius 2 is 2.46 bits per heavy atom. The third-order valence-corrected chi connectivity index (χ3v) is 2.09. The summed E-state index contributed by atoms with van der Waals surface area (Å²) in [5.41, 5.74) is 7.26. The van der Waals surface area contributed by atoms with Crippen LogP contribution in [-0.4, -0.2) is 18.2 Å². The lowest BCUT2D eigenvalue weighted by molar-refractivity contribution is -0.122. The summed E-state index contributed by atoms with van der Waals surface area (Å²) in [5.74, 6) is -0.125. The number of allylic oxidation sites excluding steroid dienone is 2. The number of amides is 1. The molecule has 13 heavy (non-hydrogen) atoms. The minimum Gasteiger partial charge on any atom is -0.323 e. The molecule has 0 fully saturated rings. The number of aliphatic imine (C=N–C) groups is 1. The molecule has 0 saturated heterocycles. The zero-order chi connectivity index (χ0) is 9.26. The van der Waals surface area contributed by atoms with Gasteiger partial charge in [0.1, 0.15) is 0 Å². The fourth-order valence-electron chi connectivity index (χ4n) is 1.38. The Balaban J connectivity index is 2.34. The number of carbonyl (C=O) groups is 1. The van der Waals surface area contributed by atoms with Crippen molar-refractivity contribution in [3.63, 3.8) is 0 Å². The van der Waals surface area contributed by atoms with Crippen molar-refractivity contribution >= 4 is 12.1 Å². The lowest BCUT2D eigenvalue weighted by Crippen LogP contribution is -2.43. The molecule has 2 rings (SSSR count). The molecule has 0 aromatic carbocycles. The van der Waals surface area contributed by atoms with Crippen LogP contribution in [0.25, 0.3) is 0 Å². The molecule has 2 aliphatic heterocycles. The number of rotatable bonds is 0. The van der Waals surface area contributed by atoms with Gasteiger partial charge in [0, 0.05) is 19.1 Å². The summed E-state index contributed by atoms with van der Waals surface area (Å²) in [5, 5.41) is 2.72. The van der Waals surface area contributed by atoms with Gasteiger partial charge in [-0.3, -0.25) is 9.79 Å². The van der Waals surface area contributed by atoms with Crippen molar-refractivity contribution in [1.82, 2.24) is 5.32 Å². The Kier molecular flexibility index (Phi) is 1.98. The molecule has 1 amide bonds. The van der Waals surface area contributed by atoms with Gasteiger partial charge in [0.2, 0.25) is 5.91 Å². The first-order valence-electron chi connectivity index (χ1n) is 4.26. The molecule has 68 valence electrons. The van der Waals surface area contributed by atoms with Crippen LogP contribution in [0.15, 0.2) is 28.5 Å². The molecular weight excluding hydrogens is 166 g/mol. The third kappa shape index (κ3) is 1.53. The first kappa shape index (κ1) is 8.19. The van der Waals surface area contributed by atoms with Crippen LogP contribution in [0.5, 0.6) is 0 Å². The van der Waals surface area contributed by atoms with Gasteiger partial charge in [0.15, 0.2) is 0 Å². The Bertz CT molecular complexity index is 328. The lowest BCUT2D eigenvalue weighted by Gasteiger charge is -2.20. The van der Waals surface area contributed by atoms with E-state index in [0.29, 0.717) is 6.42 Å². The van der Waals surface area contributed by atoms with E-state index in [1.54, 1.807) is 0 Å². The van der Waals surface area contributed by atoms with Gasteiger partial charge >= 0.3 is 0 Å². The number of hydrogen-bond acceptors (Lipinski definition) is 3. The van der Waals surface area contributed by atoms with E-state index in [0.717, 1.165) is 17.8 Å². The van der Waals surface area contributed by atoms with Crippen molar-refractivity contribution < 1.29 is 4.79 Å². The monoisotopic (exact) mass is 177 g/mol. The van der Waals surface area contributed by atoms with Gasteiger partial charge in [-0.2, -0.15) is 0 Å². The molecule has 4 heteroatoms. The average Bonchev–Trinajstić information content (AvgIpc) is 2.31. The van der Waals surface area contributed by atoms with Crippen molar-refractivity contribution in [3.05, 3.63) is 23.5 Å². The van der Waals surface area contributed by atoms with E-state index in [1.807, 2.05) is 18.4 Å². The second-order valence-corrected chi connectivity index (χ2v) is 3.11. The SMILES string of the molecule is NC1CC2=C(C=CCC=N2)NC1=O. The molecule has 2 aliphatic rings. The Morgan fingerprint density at radius 1 is 1.62 bits per heavy atom. The number of nitrogens with one attached hydrogen (secondary N) is 1. The van der Waals surface area contributed by atoms with Gasteiger partial charge in [0.05, 0.1) is 17.4 Å². The van der Waals surface area contributed by atoms with Crippen LogP contribution >= 0.6 is 0 Å². The second-order valence-electron chi connectivity index (χ2n) is 3.11. The highest BCUT2D eigenvalue weighted by Crippen LogP contribution is 2.18. The quantitative estimate of drug-likeness (QED) is 0.550. The summed E-state index contributed by atoms with van der Waals surface area (Å²) in [6, 6.07) is -0.456. The standard InChI is InChI=1S/C9H11N3O/c10-6-5-8-7(12-9(6)13)3-1-2-4-11-8/h1,3-4,6H,2,5,10H2,(H,12,13). The van der Waals surface area contributed by atoms with Gasteiger partial charge in [-0.1, -0.05) is 6.08 Å². The predicted octanol–water partition coefficient (Wildman–Crippen LogP) is 0.0759. The van der Waals surface area contributed by atoms with Crippen LogP contribution in [-0.2, 0) is 4.79 Å². The zero-order valence-corrected chi connectivity index (χ0v) is 7.16. The van der Waals surface area contributed by atoms with Crippen molar-refractivity contribution in [2.75, 3.05) is 0 Å². The minimum atomic E-state index is -0.456. The van der Waals surface area contributed by atoms with Crippen molar-refractivity contribution in [1.29, 1.82) is 0 Å².